The van der Waals surface area contributed by atoms with Crippen molar-refractivity contribution in [2.45, 2.75) is 52.1 Å². The van der Waals surface area contributed by atoms with Gasteiger partial charge in [-0.25, -0.2) is 0 Å². The SMILES string of the molecule is CCCCCCC(C)O.Cl.Cl. The minimum absolute atomic E-state index is 0. The van der Waals surface area contributed by atoms with Gasteiger partial charge in [-0.2, -0.15) is 0 Å². The van der Waals surface area contributed by atoms with Crippen LogP contribution in [0.1, 0.15) is 46.0 Å². The van der Waals surface area contributed by atoms with Gasteiger partial charge in [0, 0.05) is 0 Å². The summed E-state index contributed by atoms with van der Waals surface area (Å²) in [6.07, 6.45) is 5.93. The van der Waals surface area contributed by atoms with E-state index in [1.54, 1.807) is 0 Å². The van der Waals surface area contributed by atoms with Crippen molar-refractivity contribution in [2.75, 3.05) is 0 Å². The molecule has 1 atom stereocenters. The number of aliphatic hydroxyl groups is 1. The van der Waals surface area contributed by atoms with Gasteiger partial charge in [0.1, 0.15) is 0 Å². The molecule has 1 unspecified atom stereocenters. The van der Waals surface area contributed by atoms with E-state index >= 15 is 0 Å². The third-order valence-electron chi connectivity index (χ3n) is 1.48. The zero-order chi connectivity index (χ0) is 7.11. The summed E-state index contributed by atoms with van der Waals surface area (Å²) in [5, 5.41) is 8.85. The van der Waals surface area contributed by atoms with Crippen LogP contribution in [0, 0.1) is 0 Å². The molecule has 0 aromatic rings. The Morgan fingerprint density at radius 3 is 2.00 bits per heavy atom. The monoisotopic (exact) mass is 202 g/mol. The van der Waals surface area contributed by atoms with Crippen molar-refractivity contribution < 1.29 is 5.11 Å². The number of hydrogen-bond donors (Lipinski definition) is 1. The van der Waals surface area contributed by atoms with Crippen molar-refractivity contribution in [3.05, 3.63) is 0 Å². The van der Waals surface area contributed by atoms with E-state index in [9.17, 15) is 0 Å². The van der Waals surface area contributed by atoms with Gasteiger partial charge in [-0.15, -0.1) is 24.8 Å². The van der Waals surface area contributed by atoms with Crippen LogP contribution < -0.4 is 0 Å². The molecule has 0 aromatic carbocycles. The van der Waals surface area contributed by atoms with Crippen LogP contribution >= 0.6 is 24.8 Å². The first-order valence-electron chi connectivity index (χ1n) is 3.95. The Labute approximate surface area is 82.4 Å². The molecule has 1 nitrogen and oxygen atoms in total. The van der Waals surface area contributed by atoms with E-state index in [0.717, 1.165) is 6.42 Å². The Balaban J connectivity index is -0.000000320. The van der Waals surface area contributed by atoms with Crippen LogP contribution in [0.3, 0.4) is 0 Å². The summed E-state index contributed by atoms with van der Waals surface area (Å²) in [5.41, 5.74) is 0. The van der Waals surface area contributed by atoms with Crippen LogP contribution in [-0.2, 0) is 0 Å². The standard InChI is InChI=1S/C8H18O.2ClH/c1-3-4-5-6-7-8(2)9;;/h8-9H,3-7H2,1-2H3;2*1H. The highest BCUT2D eigenvalue weighted by Gasteiger charge is 1.93. The highest BCUT2D eigenvalue weighted by atomic mass is 35.5. The summed E-state index contributed by atoms with van der Waals surface area (Å²) in [7, 11) is 0. The summed E-state index contributed by atoms with van der Waals surface area (Å²) >= 11 is 0. The van der Waals surface area contributed by atoms with Crippen molar-refractivity contribution in [2.24, 2.45) is 0 Å². The van der Waals surface area contributed by atoms with Crippen LogP contribution in [-0.4, -0.2) is 11.2 Å². The molecule has 0 aliphatic heterocycles. The van der Waals surface area contributed by atoms with Crippen molar-refractivity contribution >= 4 is 24.8 Å². The van der Waals surface area contributed by atoms with Crippen LogP contribution in [0.25, 0.3) is 0 Å². The van der Waals surface area contributed by atoms with E-state index < -0.39 is 0 Å². The minimum Gasteiger partial charge on any atom is -0.393 e. The zero-order valence-electron chi connectivity index (χ0n) is 7.38. The Hall–Kier alpha value is 0.540. The van der Waals surface area contributed by atoms with Gasteiger partial charge in [0.05, 0.1) is 6.10 Å². The summed E-state index contributed by atoms with van der Waals surface area (Å²) in [5.74, 6) is 0. The van der Waals surface area contributed by atoms with Gasteiger partial charge in [0.2, 0.25) is 0 Å². The highest BCUT2D eigenvalue weighted by molar-refractivity contribution is 5.85. The maximum absolute atomic E-state index is 8.85. The maximum atomic E-state index is 8.85. The highest BCUT2D eigenvalue weighted by Crippen LogP contribution is 2.04. The number of hydrogen-bond acceptors (Lipinski definition) is 1. The van der Waals surface area contributed by atoms with Gasteiger partial charge in [-0.3, -0.25) is 0 Å². The molecular weight excluding hydrogens is 183 g/mol. The molecule has 0 fully saturated rings. The molecule has 72 valence electrons. The molecule has 0 radical (unpaired) electrons. The third kappa shape index (κ3) is 18.0. The predicted molar refractivity (Wildman–Crippen MR) is 54.9 cm³/mol. The van der Waals surface area contributed by atoms with E-state index in [4.69, 9.17) is 5.11 Å². The van der Waals surface area contributed by atoms with Crippen molar-refractivity contribution in [3.63, 3.8) is 0 Å². The minimum atomic E-state index is -0.0955. The molecule has 0 spiro atoms. The molecule has 0 saturated carbocycles. The first-order valence-corrected chi connectivity index (χ1v) is 3.95. The van der Waals surface area contributed by atoms with E-state index in [-0.39, 0.29) is 30.9 Å². The Kier molecular flexibility index (Phi) is 21.0. The molecule has 0 heterocycles. The lowest BCUT2D eigenvalue weighted by Gasteiger charge is -2.01. The van der Waals surface area contributed by atoms with Crippen LogP contribution in [0.15, 0.2) is 0 Å². The van der Waals surface area contributed by atoms with E-state index in [1.165, 1.54) is 25.7 Å². The van der Waals surface area contributed by atoms with Gasteiger partial charge in [0.15, 0.2) is 0 Å². The van der Waals surface area contributed by atoms with Gasteiger partial charge in [-0.05, 0) is 13.3 Å². The number of aliphatic hydroxyl groups excluding tert-OH is 1. The summed E-state index contributed by atoms with van der Waals surface area (Å²) in [4.78, 5) is 0. The molecule has 1 N–H and O–H groups in total. The second kappa shape index (κ2) is 13.2. The zero-order valence-corrected chi connectivity index (χ0v) is 9.01. The first-order chi connectivity index (χ1) is 4.27. The van der Waals surface area contributed by atoms with Gasteiger partial charge < -0.3 is 5.11 Å². The second-order valence-corrected chi connectivity index (χ2v) is 2.70. The molecule has 0 aliphatic rings. The molecule has 0 rings (SSSR count). The largest absolute Gasteiger partial charge is 0.393 e. The number of unbranched alkanes of at least 4 members (excludes halogenated alkanes) is 3. The Morgan fingerprint density at radius 1 is 1.09 bits per heavy atom. The lowest BCUT2D eigenvalue weighted by molar-refractivity contribution is 0.180. The molecular formula is C8H20Cl2O. The average molecular weight is 203 g/mol. The summed E-state index contributed by atoms with van der Waals surface area (Å²) in [6, 6.07) is 0. The molecule has 11 heavy (non-hydrogen) atoms. The summed E-state index contributed by atoms with van der Waals surface area (Å²) in [6.45, 7) is 4.05. The Morgan fingerprint density at radius 2 is 1.64 bits per heavy atom. The fourth-order valence-corrected chi connectivity index (χ4v) is 0.867. The molecule has 0 aliphatic carbocycles. The Bertz CT molecular complexity index is 58.1. The quantitative estimate of drug-likeness (QED) is 0.680. The topological polar surface area (TPSA) is 20.2 Å². The van der Waals surface area contributed by atoms with E-state index in [0.29, 0.717) is 0 Å². The molecule has 0 amide bonds. The van der Waals surface area contributed by atoms with Crippen molar-refractivity contribution in [3.8, 4) is 0 Å². The van der Waals surface area contributed by atoms with Crippen molar-refractivity contribution in [1.29, 1.82) is 0 Å². The maximum Gasteiger partial charge on any atom is 0.0512 e. The third-order valence-corrected chi connectivity index (χ3v) is 1.48. The fourth-order valence-electron chi connectivity index (χ4n) is 0.867. The normalized spacial score (nSPS) is 11.2. The van der Waals surface area contributed by atoms with Gasteiger partial charge in [-0.1, -0.05) is 32.6 Å². The van der Waals surface area contributed by atoms with Gasteiger partial charge >= 0.3 is 0 Å². The molecule has 0 aromatic heterocycles. The second-order valence-electron chi connectivity index (χ2n) is 2.70. The van der Waals surface area contributed by atoms with Crippen LogP contribution in [0.5, 0.6) is 0 Å². The predicted octanol–water partition coefficient (Wildman–Crippen LogP) is 3.18. The van der Waals surface area contributed by atoms with Crippen molar-refractivity contribution in [1.82, 2.24) is 0 Å². The van der Waals surface area contributed by atoms with Crippen LogP contribution in [0.2, 0.25) is 0 Å². The van der Waals surface area contributed by atoms with E-state index in [2.05, 4.69) is 6.92 Å². The lowest BCUT2D eigenvalue weighted by Crippen LogP contribution is -1.97. The average Bonchev–Trinajstić information content (AvgIpc) is 1.80. The first kappa shape index (κ1) is 17.6. The lowest BCUT2D eigenvalue weighted by atomic mass is 10.1. The van der Waals surface area contributed by atoms with E-state index in [1.807, 2.05) is 6.92 Å². The molecule has 0 saturated heterocycles. The number of rotatable bonds is 5. The number of halogens is 2. The summed E-state index contributed by atoms with van der Waals surface area (Å²) < 4.78 is 0. The fraction of sp³-hybridized carbons (Fsp3) is 1.00. The molecule has 0 bridgehead atoms. The smallest absolute Gasteiger partial charge is 0.0512 e. The molecule has 3 heteroatoms. The van der Waals surface area contributed by atoms with Gasteiger partial charge in [0.25, 0.3) is 0 Å². The van der Waals surface area contributed by atoms with Crippen LogP contribution in [0.4, 0.5) is 0 Å².